The van der Waals surface area contributed by atoms with E-state index >= 15 is 0 Å². The van der Waals surface area contributed by atoms with Gasteiger partial charge in [0.15, 0.2) is 5.75 Å². The van der Waals surface area contributed by atoms with Crippen molar-refractivity contribution in [3.8, 4) is 5.75 Å². The summed E-state index contributed by atoms with van der Waals surface area (Å²) in [7, 11) is 0. The SMILES string of the molecule is CCC(=O)OOc1ccccc1C. The van der Waals surface area contributed by atoms with Crippen LogP contribution in [0.15, 0.2) is 24.3 Å². The van der Waals surface area contributed by atoms with E-state index in [1.165, 1.54) is 0 Å². The third-order valence-electron chi connectivity index (χ3n) is 1.61. The summed E-state index contributed by atoms with van der Waals surface area (Å²) in [6.07, 6.45) is 0.311. The Kier molecular flexibility index (Phi) is 3.31. The van der Waals surface area contributed by atoms with E-state index in [2.05, 4.69) is 4.89 Å². The van der Waals surface area contributed by atoms with E-state index in [0.29, 0.717) is 12.2 Å². The van der Waals surface area contributed by atoms with E-state index in [9.17, 15) is 4.79 Å². The van der Waals surface area contributed by atoms with Crippen LogP contribution < -0.4 is 4.89 Å². The number of aryl methyl sites for hydroxylation is 1. The summed E-state index contributed by atoms with van der Waals surface area (Å²) in [6, 6.07) is 7.35. The van der Waals surface area contributed by atoms with E-state index in [-0.39, 0.29) is 5.97 Å². The Hall–Kier alpha value is -1.51. The zero-order chi connectivity index (χ0) is 9.68. The number of rotatable bonds is 3. The fraction of sp³-hybridized carbons (Fsp3) is 0.300. The average molecular weight is 180 g/mol. The van der Waals surface area contributed by atoms with Gasteiger partial charge >= 0.3 is 5.97 Å². The van der Waals surface area contributed by atoms with Gasteiger partial charge in [0.2, 0.25) is 0 Å². The molecule has 0 spiro atoms. The maximum Gasteiger partial charge on any atom is 0.355 e. The first-order chi connectivity index (χ1) is 6.24. The molecule has 0 N–H and O–H groups in total. The fourth-order valence-corrected chi connectivity index (χ4v) is 0.800. The number of carbonyl (C=O) groups is 1. The van der Waals surface area contributed by atoms with E-state index < -0.39 is 0 Å². The quantitative estimate of drug-likeness (QED) is 0.528. The molecule has 0 radical (unpaired) electrons. The zero-order valence-corrected chi connectivity index (χ0v) is 7.74. The summed E-state index contributed by atoms with van der Waals surface area (Å²) in [6.45, 7) is 3.60. The molecule has 0 fully saturated rings. The second-order valence-electron chi connectivity index (χ2n) is 2.66. The lowest BCUT2D eigenvalue weighted by molar-refractivity contribution is -0.213. The molecule has 0 saturated carbocycles. The van der Waals surface area contributed by atoms with Gasteiger partial charge in [-0.05, 0) is 18.6 Å². The second-order valence-corrected chi connectivity index (χ2v) is 2.66. The first kappa shape index (κ1) is 9.58. The summed E-state index contributed by atoms with van der Waals surface area (Å²) < 4.78 is 0. The van der Waals surface area contributed by atoms with Crippen LogP contribution in [0.1, 0.15) is 18.9 Å². The molecule has 0 atom stereocenters. The summed E-state index contributed by atoms with van der Waals surface area (Å²) in [5.41, 5.74) is 0.936. The average Bonchev–Trinajstić information content (AvgIpc) is 2.16. The molecule has 0 aromatic heterocycles. The van der Waals surface area contributed by atoms with Crippen molar-refractivity contribution < 1.29 is 14.6 Å². The third-order valence-corrected chi connectivity index (χ3v) is 1.61. The zero-order valence-electron chi connectivity index (χ0n) is 7.74. The minimum Gasteiger partial charge on any atom is -0.287 e. The first-order valence-corrected chi connectivity index (χ1v) is 4.17. The molecule has 1 aromatic carbocycles. The van der Waals surface area contributed by atoms with Gasteiger partial charge in [-0.25, -0.2) is 4.79 Å². The molecular formula is C10H12O3. The smallest absolute Gasteiger partial charge is 0.287 e. The normalized spacial score (nSPS) is 9.38. The van der Waals surface area contributed by atoms with Crippen molar-refractivity contribution in [1.29, 1.82) is 0 Å². The predicted octanol–water partition coefficient (Wildman–Crippen LogP) is 2.24. The Morgan fingerprint density at radius 2 is 2.08 bits per heavy atom. The largest absolute Gasteiger partial charge is 0.355 e. The van der Waals surface area contributed by atoms with Crippen LogP contribution in [0.3, 0.4) is 0 Å². The Bertz CT molecular complexity index is 294. The highest BCUT2D eigenvalue weighted by Crippen LogP contribution is 2.16. The minimum atomic E-state index is -0.372. The summed E-state index contributed by atoms with van der Waals surface area (Å²) in [5.74, 6) is 0.201. The van der Waals surface area contributed by atoms with Gasteiger partial charge in [-0.1, -0.05) is 25.1 Å². The van der Waals surface area contributed by atoms with E-state index in [1.807, 2.05) is 25.1 Å². The van der Waals surface area contributed by atoms with Crippen LogP contribution in [0, 0.1) is 6.92 Å². The van der Waals surface area contributed by atoms with Crippen molar-refractivity contribution in [3.63, 3.8) is 0 Å². The van der Waals surface area contributed by atoms with Crippen LogP contribution in [0.4, 0.5) is 0 Å². The molecule has 0 heterocycles. The monoisotopic (exact) mass is 180 g/mol. The minimum absolute atomic E-state index is 0.311. The Labute approximate surface area is 77.2 Å². The standard InChI is InChI=1S/C10H12O3/c1-3-10(11)13-12-9-7-5-4-6-8(9)2/h4-7H,3H2,1-2H3. The fourth-order valence-electron chi connectivity index (χ4n) is 0.800. The maximum absolute atomic E-state index is 10.7. The van der Waals surface area contributed by atoms with E-state index in [4.69, 9.17) is 4.89 Å². The molecule has 1 aromatic rings. The molecule has 3 heteroatoms. The molecule has 0 aliphatic rings. The van der Waals surface area contributed by atoms with Gasteiger partial charge in [0.05, 0.1) is 0 Å². The highest BCUT2D eigenvalue weighted by atomic mass is 17.2. The lowest BCUT2D eigenvalue weighted by atomic mass is 10.2. The molecule has 0 aliphatic heterocycles. The highest BCUT2D eigenvalue weighted by Gasteiger charge is 2.02. The summed E-state index contributed by atoms with van der Waals surface area (Å²) in [5, 5.41) is 0. The Morgan fingerprint density at radius 1 is 1.38 bits per heavy atom. The number of carbonyl (C=O) groups excluding carboxylic acids is 1. The van der Waals surface area contributed by atoms with Gasteiger partial charge < -0.3 is 0 Å². The Morgan fingerprint density at radius 3 is 2.69 bits per heavy atom. The maximum atomic E-state index is 10.7. The summed E-state index contributed by atoms with van der Waals surface area (Å²) >= 11 is 0. The van der Waals surface area contributed by atoms with Gasteiger partial charge in [0, 0.05) is 6.42 Å². The van der Waals surface area contributed by atoms with Gasteiger partial charge in [-0.2, -0.15) is 0 Å². The lowest BCUT2D eigenvalue weighted by Crippen LogP contribution is -2.06. The molecule has 0 bridgehead atoms. The van der Waals surface area contributed by atoms with Crippen molar-refractivity contribution >= 4 is 5.97 Å². The number of para-hydroxylation sites is 1. The van der Waals surface area contributed by atoms with Crippen molar-refractivity contribution in [2.45, 2.75) is 20.3 Å². The molecule has 3 nitrogen and oxygen atoms in total. The van der Waals surface area contributed by atoms with Crippen LogP contribution in [-0.2, 0) is 9.68 Å². The molecule has 1 rings (SSSR count). The number of benzene rings is 1. The van der Waals surface area contributed by atoms with Crippen LogP contribution in [-0.4, -0.2) is 5.97 Å². The second kappa shape index (κ2) is 4.50. The summed E-state index contributed by atoms with van der Waals surface area (Å²) in [4.78, 5) is 20.1. The van der Waals surface area contributed by atoms with Gasteiger partial charge in [0.25, 0.3) is 0 Å². The molecule has 0 unspecified atom stereocenters. The molecule has 0 aliphatic carbocycles. The molecular weight excluding hydrogens is 168 g/mol. The Balaban J connectivity index is 2.54. The highest BCUT2D eigenvalue weighted by molar-refractivity contribution is 5.68. The van der Waals surface area contributed by atoms with Crippen molar-refractivity contribution in [1.82, 2.24) is 0 Å². The van der Waals surface area contributed by atoms with Crippen molar-refractivity contribution in [2.75, 3.05) is 0 Å². The van der Waals surface area contributed by atoms with Gasteiger partial charge in [-0.3, -0.25) is 9.78 Å². The van der Waals surface area contributed by atoms with Crippen LogP contribution in [0.2, 0.25) is 0 Å². The van der Waals surface area contributed by atoms with E-state index in [1.54, 1.807) is 13.0 Å². The number of hydrogen-bond acceptors (Lipinski definition) is 3. The lowest BCUT2D eigenvalue weighted by Gasteiger charge is -2.04. The topological polar surface area (TPSA) is 35.5 Å². The molecule has 0 saturated heterocycles. The van der Waals surface area contributed by atoms with Crippen LogP contribution >= 0.6 is 0 Å². The van der Waals surface area contributed by atoms with Gasteiger partial charge in [0.1, 0.15) is 0 Å². The van der Waals surface area contributed by atoms with Gasteiger partial charge in [-0.15, -0.1) is 0 Å². The number of hydrogen-bond donors (Lipinski definition) is 0. The molecule has 13 heavy (non-hydrogen) atoms. The van der Waals surface area contributed by atoms with Crippen molar-refractivity contribution in [2.24, 2.45) is 0 Å². The van der Waals surface area contributed by atoms with E-state index in [0.717, 1.165) is 5.56 Å². The van der Waals surface area contributed by atoms with Crippen LogP contribution in [0.5, 0.6) is 5.75 Å². The van der Waals surface area contributed by atoms with Crippen molar-refractivity contribution in [3.05, 3.63) is 29.8 Å². The van der Waals surface area contributed by atoms with Crippen LogP contribution in [0.25, 0.3) is 0 Å². The predicted molar refractivity (Wildman–Crippen MR) is 48.2 cm³/mol. The molecule has 0 amide bonds. The first-order valence-electron chi connectivity index (χ1n) is 4.17. The molecule has 70 valence electrons. The third kappa shape index (κ3) is 2.78.